The number of H-pyrrole nitrogens is 1. The molecule has 0 aliphatic carbocycles. The molecule has 0 aliphatic heterocycles. The number of benzene rings is 2. The summed E-state index contributed by atoms with van der Waals surface area (Å²) in [5.41, 5.74) is 3.07. The molecule has 0 amide bonds. The Morgan fingerprint density at radius 2 is 2.00 bits per heavy atom. The maximum absolute atomic E-state index is 11.9. The van der Waals surface area contributed by atoms with Crippen molar-refractivity contribution in [3.8, 4) is 11.4 Å². The second-order valence-corrected chi connectivity index (χ2v) is 5.40. The fourth-order valence-electron chi connectivity index (χ4n) is 2.16. The highest BCUT2D eigenvalue weighted by Gasteiger charge is 2.10. The molecule has 1 aromatic heterocycles. The van der Waals surface area contributed by atoms with Crippen LogP contribution in [0.2, 0.25) is 5.02 Å². The van der Waals surface area contributed by atoms with E-state index < -0.39 is 0 Å². The standard InChI is InChI=1S/C17H15ClN2O2/c1-2-9-22-17(21)12-5-8-14-15(10-12)20-16(19-14)11-3-6-13(18)7-4-11/h3-8,10H,2,9H2,1H3,(H,19,20). The van der Waals surface area contributed by atoms with Crippen LogP contribution in [-0.2, 0) is 4.74 Å². The first-order valence-corrected chi connectivity index (χ1v) is 7.48. The second kappa shape index (κ2) is 6.20. The summed E-state index contributed by atoms with van der Waals surface area (Å²) >= 11 is 5.89. The second-order valence-electron chi connectivity index (χ2n) is 4.96. The quantitative estimate of drug-likeness (QED) is 0.724. The molecule has 0 spiro atoms. The minimum absolute atomic E-state index is 0.314. The van der Waals surface area contributed by atoms with Crippen molar-refractivity contribution in [1.29, 1.82) is 0 Å². The molecule has 1 heterocycles. The topological polar surface area (TPSA) is 55.0 Å². The first-order chi connectivity index (χ1) is 10.7. The molecular weight excluding hydrogens is 300 g/mol. The molecule has 0 fully saturated rings. The van der Waals surface area contributed by atoms with E-state index in [1.807, 2.05) is 37.3 Å². The Morgan fingerprint density at radius 3 is 2.73 bits per heavy atom. The van der Waals surface area contributed by atoms with Crippen LogP contribution in [0, 0.1) is 0 Å². The van der Waals surface area contributed by atoms with Crippen molar-refractivity contribution >= 4 is 28.6 Å². The van der Waals surface area contributed by atoms with Crippen molar-refractivity contribution in [2.24, 2.45) is 0 Å². The van der Waals surface area contributed by atoms with E-state index >= 15 is 0 Å². The van der Waals surface area contributed by atoms with Gasteiger partial charge in [-0.3, -0.25) is 0 Å². The van der Waals surface area contributed by atoms with Gasteiger partial charge in [-0.2, -0.15) is 0 Å². The van der Waals surface area contributed by atoms with Crippen molar-refractivity contribution in [3.05, 3.63) is 53.1 Å². The molecule has 5 heteroatoms. The molecule has 0 saturated heterocycles. The molecule has 22 heavy (non-hydrogen) atoms. The molecule has 3 aromatic rings. The van der Waals surface area contributed by atoms with Crippen LogP contribution in [0.1, 0.15) is 23.7 Å². The summed E-state index contributed by atoms with van der Waals surface area (Å²) in [5, 5.41) is 0.681. The van der Waals surface area contributed by atoms with Gasteiger partial charge in [-0.15, -0.1) is 0 Å². The van der Waals surface area contributed by atoms with E-state index in [1.165, 1.54) is 0 Å². The summed E-state index contributed by atoms with van der Waals surface area (Å²) in [6.07, 6.45) is 0.804. The van der Waals surface area contributed by atoms with Crippen LogP contribution < -0.4 is 0 Å². The molecule has 0 unspecified atom stereocenters. The van der Waals surface area contributed by atoms with Crippen LogP contribution in [0.4, 0.5) is 0 Å². The first-order valence-electron chi connectivity index (χ1n) is 7.10. The molecular formula is C17H15ClN2O2. The third-order valence-electron chi connectivity index (χ3n) is 3.27. The summed E-state index contributed by atoms with van der Waals surface area (Å²) < 4.78 is 5.14. The summed E-state index contributed by atoms with van der Waals surface area (Å²) in [6.45, 7) is 2.39. The van der Waals surface area contributed by atoms with E-state index in [1.54, 1.807) is 12.1 Å². The maximum atomic E-state index is 11.9. The monoisotopic (exact) mass is 314 g/mol. The number of esters is 1. The number of hydrogen-bond acceptors (Lipinski definition) is 3. The molecule has 2 aromatic carbocycles. The predicted octanol–water partition coefficient (Wildman–Crippen LogP) is 4.45. The zero-order chi connectivity index (χ0) is 15.5. The van der Waals surface area contributed by atoms with Crippen molar-refractivity contribution in [2.75, 3.05) is 6.61 Å². The Kier molecular flexibility index (Phi) is 4.11. The minimum Gasteiger partial charge on any atom is -0.462 e. The zero-order valence-electron chi connectivity index (χ0n) is 12.1. The predicted molar refractivity (Wildman–Crippen MR) is 87.1 cm³/mol. The van der Waals surface area contributed by atoms with Gasteiger partial charge in [0.15, 0.2) is 0 Å². The Balaban J connectivity index is 1.93. The normalized spacial score (nSPS) is 10.8. The van der Waals surface area contributed by atoms with Crippen molar-refractivity contribution in [3.63, 3.8) is 0 Å². The Morgan fingerprint density at radius 1 is 1.23 bits per heavy atom. The van der Waals surface area contributed by atoms with Crippen LogP contribution in [-0.4, -0.2) is 22.5 Å². The van der Waals surface area contributed by atoms with Crippen molar-refractivity contribution < 1.29 is 9.53 Å². The van der Waals surface area contributed by atoms with Crippen LogP contribution >= 0.6 is 11.6 Å². The van der Waals surface area contributed by atoms with Gasteiger partial charge < -0.3 is 9.72 Å². The highest BCUT2D eigenvalue weighted by molar-refractivity contribution is 6.30. The number of imidazole rings is 1. The molecule has 0 atom stereocenters. The summed E-state index contributed by atoms with van der Waals surface area (Å²) in [5.74, 6) is 0.428. The van der Waals surface area contributed by atoms with Gasteiger partial charge in [0.1, 0.15) is 5.82 Å². The van der Waals surface area contributed by atoms with Gasteiger partial charge in [0.05, 0.1) is 23.2 Å². The number of fused-ring (bicyclic) bond motifs is 1. The highest BCUT2D eigenvalue weighted by atomic mass is 35.5. The van der Waals surface area contributed by atoms with E-state index in [-0.39, 0.29) is 5.97 Å². The van der Waals surface area contributed by atoms with Crippen molar-refractivity contribution in [2.45, 2.75) is 13.3 Å². The number of aromatic amines is 1. The van der Waals surface area contributed by atoms with Crippen molar-refractivity contribution in [1.82, 2.24) is 9.97 Å². The van der Waals surface area contributed by atoms with Crippen LogP contribution in [0.5, 0.6) is 0 Å². The summed E-state index contributed by atoms with van der Waals surface area (Å²) in [7, 11) is 0. The average Bonchev–Trinajstić information content (AvgIpc) is 2.96. The third kappa shape index (κ3) is 2.97. The molecule has 0 saturated carbocycles. The van der Waals surface area contributed by atoms with E-state index in [2.05, 4.69) is 9.97 Å². The number of carbonyl (C=O) groups excluding carboxylic acids is 1. The van der Waals surface area contributed by atoms with Gasteiger partial charge in [0.25, 0.3) is 0 Å². The van der Waals surface area contributed by atoms with E-state index in [9.17, 15) is 4.79 Å². The molecule has 3 rings (SSSR count). The number of aromatic nitrogens is 2. The lowest BCUT2D eigenvalue weighted by Gasteiger charge is -2.02. The third-order valence-corrected chi connectivity index (χ3v) is 3.52. The van der Waals surface area contributed by atoms with E-state index in [0.29, 0.717) is 17.2 Å². The number of nitrogens with zero attached hydrogens (tertiary/aromatic N) is 1. The van der Waals surface area contributed by atoms with Gasteiger partial charge >= 0.3 is 5.97 Å². The molecule has 0 bridgehead atoms. The number of carbonyl (C=O) groups is 1. The molecule has 112 valence electrons. The molecule has 4 nitrogen and oxygen atoms in total. The Labute approximate surface area is 133 Å². The van der Waals surface area contributed by atoms with Gasteiger partial charge in [0, 0.05) is 10.6 Å². The Bertz CT molecular complexity index is 809. The van der Waals surface area contributed by atoms with Gasteiger partial charge in [-0.1, -0.05) is 18.5 Å². The maximum Gasteiger partial charge on any atom is 0.338 e. The number of hydrogen-bond donors (Lipinski definition) is 1. The molecule has 0 radical (unpaired) electrons. The fourth-order valence-corrected chi connectivity index (χ4v) is 2.29. The number of ether oxygens (including phenoxy) is 1. The first kappa shape index (κ1) is 14.6. The Hall–Kier alpha value is -2.33. The lowest BCUT2D eigenvalue weighted by atomic mass is 10.2. The van der Waals surface area contributed by atoms with E-state index in [4.69, 9.17) is 16.3 Å². The minimum atomic E-state index is -0.314. The average molecular weight is 315 g/mol. The van der Waals surface area contributed by atoms with Gasteiger partial charge in [0.2, 0.25) is 0 Å². The van der Waals surface area contributed by atoms with Crippen LogP contribution in [0.25, 0.3) is 22.4 Å². The highest BCUT2D eigenvalue weighted by Crippen LogP contribution is 2.23. The number of nitrogens with one attached hydrogen (secondary N) is 1. The van der Waals surface area contributed by atoms with Gasteiger partial charge in [-0.25, -0.2) is 9.78 Å². The van der Waals surface area contributed by atoms with Crippen LogP contribution in [0.3, 0.4) is 0 Å². The summed E-state index contributed by atoms with van der Waals surface area (Å²) in [4.78, 5) is 19.6. The summed E-state index contributed by atoms with van der Waals surface area (Å²) in [6, 6.07) is 12.7. The molecule has 0 aliphatic rings. The zero-order valence-corrected chi connectivity index (χ0v) is 12.9. The van der Waals surface area contributed by atoms with E-state index in [0.717, 1.165) is 28.8 Å². The number of halogens is 1. The lowest BCUT2D eigenvalue weighted by molar-refractivity contribution is 0.0505. The smallest absolute Gasteiger partial charge is 0.338 e. The number of rotatable bonds is 4. The SMILES string of the molecule is CCCOC(=O)c1ccc2nc(-c3ccc(Cl)cc3)[nH]c2c1. The van der Waals surface area contributed by atoms with Crippen LogP contribution in [0.15, 0.2) is 42.5 Å². The fraction of sp³-hybridized carbons (Fsp3) is 0.176. The lowest BCUT2D eigenvalue weighted by Crippen LogP contribution is -2.05. The van der Waals surface area contributed by atoms with Gasteiger partial charge in [-0.05, 0) is 48.9 Å². The largest absolute Gasteiger partial charge is 0.462 e. The molecule has 1 N–H and O–H groups in total.